The van der Waals surface area contributed by atoms with Gasteiger partial charge in [0.2, 0.25) is 0 Å². The lowest BCUT2D eigenvalue weighted by Crippen LogP contribution is -2.08. The second kappa shape index (κ2) is 7.82. The molecule has 0 spiro atoms. The van der Waals surface area contributed by atoms with Crippen molar-refractivity contribution in [1.29, 1.82) is 0 Å². The molecule has 25 heavy (non-hydrogen) atoms. The molecule has 0 heterocycles. The highest BCUT2D eigenvalue weighted by Crippen LogP contribution is 2.24. The second-order valence-electron chi connectivity index (χ2n) is 5.76. The molecule has 0 fully saturated rings. The van der Waals surface area contributed by atoms with Crippen LogP contribution in [0.2, 0.25) is 0 Å². The van der Waals surface area contributed by atoms with Crippen molar-refractivity contribution in [2.75, 3.05) is 0 Å². The molecule has 0 amide bonds. The van der Waals surface area contributed by atoms with Gasteiger partial charge in [-0.3, -0.25) is 0 Å². The number of hydrogen-bond donors (Lipinski definition) is 1. The van der Waals surface area contributed by atoms with Crippen LogP contribution in [0.1, 0.15) is 16.7 Å². The maximum atomic E-state index is 6.67. The average Bonchev–Trinajstić information content (AvgIpc) is 2.68. The quantitative estimate of drug-likeness (QED) is 0.606. The van der Waals surface area contributed by atoms with Gasteiger partial charge >= 0.3 is 0 Å². The van der Waals surface area contributed by atoms with Crippen LogP contribution in [-0.2, 0) is 0 Å². The Morgan fingerprint density at radius 1 is 0.760 bits per heavy atom. The molecule has 3 rings (SSSR count). The standard InChI is InChI=1S/C22H19ClN2/c1-16-12-14-19(15-13-16)25-22(18-10-6-3-7-11-18)20(23)21(24)17-8-4-2-5-9-17/h2-15H,24H2,1H3/b21-20+,25-22?. The normalized spacial score (nSPS) is 12.6. The summed E-state index contributed by atoms with van der Waals surface area (Å²) < 4.78 is 0. The van der Waals surface area contributed by atoms with Gasteiger partial charge in [0.15, 0.2) is 0 Å². The molecule has 0 bridgehead atoms. The second-order valence-corrected chi connectivity index (χ2v) is 6.13. The number of halogens is 1. The molecule has 0 atom stereocenters. The van der Waals surface area contributed by atoms with Crippen LogP contribution in [0.15, 0.2) is 95.0 Å². The summed E-state index contributed by atoms with van der Waals surface area (Å²) in [5.41, 5.74) is 11.3. The maximum Gasteiger partial charge on any atom is 0.0916 e. The molecule has 0 saturated carbocycles. The average molecular weight is 347 g/mol. The van der Waals surface area contributed by atoms with Crippen molar-refractivity contribution in [1.82, 2.24) is 0 Å². The number of nitrogens with zero attached hydrogens (tertiary/aromatic N) is 1. The summed E-state index contributed by atoms with van der Waals surface area (Å²) in [4.78, 5) is 4.76. The lowest BCUT2D eigenvalue weighted by atomic mass is 10.1. The molecule has 0 saturated heterocycles. The highest BCUT2D eigenvalue weighted by atomic mass is 35.5. The third-order valence-corrected chi connectivity index (χ3v) is 4.23. The van der Waals surface area contributed by atoms with Gasteiger partial charge in [0.05, 0.1) is 22.1 Å². The number of aryl methyl sites for hydroxylation is 1. The molecule has 2 nitrogen and oxygen atoms in total. The molecule has 0 radical (unpaired) electrons. The molecule has 0 unspecified atom stereocenters. The molecule has 0 aromatic heterocycles. The zero-order chi connectivity index (χ0) is 17.6. The predicted molar refractivity (Wildman–Crippen MR) is 107 cm³/mol. The van der Waals surface area contributed by atoms with Crippen LogP contribution in [0, 0.1) is 6.92 Å². The lowest BCUT2D eigenvalue weighted by molar-refractivity contribution is 1.42. The Labute approximate surface area is 153 Å². The predicted octanol–water partition coefficient (Wildman–Crippen LogP) is 5.68. The van der Waals surface area contributed by atoms with E-state index in [0.717, 1.165) is 16.8 Å². The smallest absolute Gasteiger partial charge is 0.0916 e. The summed E-state index contributed by atoms with van der Waals surface area (Å²) >= 11 is 6.67. The highest BCUT2D eigenvalue weighted by Gasteiger charge is 2.13. The monoisotopic (exact) mass is 346 g/mol. The molecule has 0 aliphatic heterocycles. The first kappa shape index (κ1) is 17.0. The van der Waals surface area contributed by atoms with Crippen molar-refractivity contribution in [3.05, 3.63) is 107 Å². The highest BCUT2D eigenvalue weighted by molar-refractivity contribution is 6.49. The van der Waals surface area contributed by atoms with Gasteiger partial charge in [-0.1, -0.05) is 90.0 Å². The van der Waals surface area contributed by atoms with E-state index in [-0.39, 0.29) is 0 Å². The fourth-order valence-electron chi connectivity index (χ4n) is 2.46. The van der Waals surface area contributed by atoms with Crippen molar-refractivity contribution >= 4 is 28.7 Å². The van der Waals surface area contributed by atoms with Crippen LogP contribution in [0.5, 0.6) is 0 Å². The molecular weight excluding hydrogens is 328 g/mol. The molecule has 3 aromatic rings. The summed E-state index contributed by atoms with van der Waals surface area (Å²) in [5, 5.41) is 0.443. The van der Waals surface area contributed by atoms with E-state index in [0.29, 0.717) is 16.4 Å². The van der Waals surface area contributed by atoms with E-state index in [1.165, 1.54) is 5.56 Å². The largest absolute Gasteiger partial charge is 0.397 e. The Bertz CT molecular complexity index is 896. The minimum absolute atomic E-state index is 0.443. The van der Waals surface area contributed by atoms with Crippen LogP contribution in [-0.4, -0.2) is 5.71 Å². The Morgan fingerprint density at radius 3 is 1.84 bits per heavy atom. The zero-order valence-electron chi connectivity index (χ0n) is 14.0. The van der Waals surface area contributed by atoms with E-state index >= 15 is 0 Å². The summed E-state index contributed by atoms with van der Waals surface area (Å²) in [7, 11) is 0. The third-order valence-electron chi connectivity index (χ3n) is 3.85. The van der Waals surface area contributed by atoms with Crippen LogP contribution < -0.4 is 5.73 Å². The summed E-state index contributed by atoms with van der Waals surface area (Å²) in [6.07, 6.45) is 0. The van der Waals surface area contributed by atoms with Crippen molar-refractivity contribution in [2.24, 2.45) is 10.7 Å². The first-order chi connectivity index (χ1) is 12.1. The van der Waals surface area contributed by atoms with Gasteiger partial charge in [0.25, 0.3) is 0 Å². The van der Waals surface area contributed by atoms with Gasteiger partial charge < -0.3 is 5.73 Å². The van der Waals surface area contributed by atoms with E-state index < -0.39 is 0 Å². The van der Waals surface area contributed by atoms with Crippen LogP contribution in [0.4, 0.5) is 5.69 Å². The third kappa shape index (κ3) is 4.17. The number of nitrogens with two attached hydrogens (primary N) is 1. The molecule has 0 aliphatic rings. The van der Waals surface area contributed by atoms with Gasteiger partial charge in [-0.25, -0.2) is 4.99 Å². The SMILES string of the molecule is Cc1ccc(N=C(/C(Cl)=C(\N)c2ccccc2)c2ccccc2)cc1. The van der Waals surface area contributed by atoms with Crippen molar-refractivity contribution in [3.8, 4) is 0 Å². The number of hydrogen-bond acceptors (Lipinski definition) is 2. The maximum absolute atomic E-state index is 6.67. The summed E-state index contributed by atoms with van der Waals surface area (Å²) in [6, 6.07) is 27.5. The molecule has 3 heteroatoms. The first-order valence-corrected chi connectivity index (χ1v) is 8.45. The van der Waals surface area contributed by atoms with Crippen LogP contribution in [0.25, 0.3) is 5.70 Å². The summed E-state index contributed by atoms with van der Waals surface area (Å²) in [6.45, 7) is 2.05. The van der Waals surface area contributed by atoms with Crippen LogP contribution in [0.3, 0.4) is 0 Å². The Balaban J connectivity index is 2.13. The van der Waals surface area contributed by atoms with Crippen LogP contribution >= 0.6 is 11.6 Å². The minimum atomic E-state index is 0.443. The number of benzene rings is 3. The first-order valence-electron chi connectivity index (χ1n) is 8.07. The van der Waals surface area contributed by atoms with Gasteiger partial charge in [-0.2, -0.15) is 0 Å². The lowest BCUT2D eigenvalue weighted by Gasteiger charge is -2.10. The Hall–Kier alpha value is -2.84. The molecule has 3 aromatic carbocycles. The Morgan fingerprint density at radius 2 is 1.28 bits per heavy atom. The zero-order valence-corrected chi connectivity index (χ0v) is 14.7. The van der Waals surface area contributed by atoms with Gasteiger partial charge in [-0.05, 0) is 24.6 Å². The number of rotatable bonds is 4. The molecule has 2 N–H and O–H groups in total. The van der Waals surface area contributed by atoms with E-state index in [1.807, 2.05) is 91.9 Å². The molecule has 124 valence electrons. The topological polar surface area (TPSA) is 38.4 Å². The van der Waals surface area contributed by atoms with E-state index in [1.54, 1.807) is 0 Å². The fraction of sp³-hybridized carbons (Fsp3) is 0.0455. The van der Waals surface area contributed by atoms with Crippen molar-refractivity contribution < 1.29 is 0 Å². The molecular formula is C22H19ClN2. The summed E-state index contributed by atoms with van der Waals surface area (Å²) in [5.74, 6) is 0. The van der Waals surface area contributed by atoms with Crippen molar-refractivity contribution in [3.63, 3.8) is 0 Å². The van der Waals surface area contributed by atoms with Gasteiger partial charge in [0.1, 0.15) is 0 Å². The van der Waals surface area contributed by atoms with Gasteiger partial charge in [-0.15, -0.1) is 0 Å². The number of allylic oxidation sites excluding steroid dienone is 1. The van der Waals surface area contributed by atoms with Gasteiger partial charge in [0, 0.05) is 5.56 Å². The van der Waals surface area contributed by atoms with E-state index in [9.17, 15) is 0 Å². The van der Waals surface area contributed by atoms with E-state index in [2.05, 4.69) is 0 Å². The number of aliphatic imine (C=N–C) groups is 1. The fourth-order valence-corrected chi connectivity index (χ4v) is 2.72. The molecule has 0 aliphatic carbocycles. The van der Waals surface area contributed by atoms with Crippen molar-refractivity contribution in [2.45, 2.75) is 6.92 Å². The minimum Gasteiger partial charge on any atom is -0.397 e. The Kier molecular flexibility index (Phi) is 5.32. The van der Waals surface area contributed by atoms with E-state index in [4.69, 9.17) is 22.3 Å².